The maximum atomic E-state index is 12.6. The third-order valence-corrected chi connectivity index (χ3v) is 4.58. The van der Waals surface area contributed by atoms with Crippen LogP contribution in [0.4, 0.5) is 11.5 Å². The quantitative estimate of drug-likeness (QED) is 0.672. The summed E-state index contributed by atoms with van der Waals surface area (Å²) in [6.07, 6.45) is 0.936. The second kappa shape index (κ2) is 4.30. The van der Waals surface area contributed by atoms with Crippen LogP contribution >= 0.6 is 0 Å². The summed E-state index contributed by atoms with van der Waals surface area (Å²) in [5.74, 6) is 1.13. The maximum Gasteiger partial charge on any atom is 0.321 e. The van der Waals surface area contributed by atoms with Gasteiger partial charge in [0, 0.05) is 29.5 Å². The van der Waals surface area contributed by atoms with E-state index in [4.69, 9.17) is 0 Å². The van der Waals surface area contributed by atoms with Crippen LogP contribution in [-0.2, 0) is 11.2 Å². The fourth-order valence-corrected chi connectivity index (χ4v) is 3.51. The van der Waals surface area contributed by atoms with E-state index in [1.807, 2.05) is 24.3 Å². The van der Waals surface area contributed by atoms with Gasteiger partial charge in [0.15, 0.2) is 0 Å². The monoisotopic (exact) mass is 277 g/mol. The predicted octanol–water partition coefficient (Wildman–Crippen LogP) is 3.91. The first-order valence-corrected chi connectivity index (χ1v) is 7.28. The summed E-state index contributed by atoms with van der Waals surface area (Å²) in [4.78, 5) is 16.0. The number of para-hydroxylation sites is 2. The summed E-state index contributed by atoms with van der Waals surface area (Å²) in [5.41, 5.74) is 3.46. The highest BCUT2D eigenvalue weighted by Gasteiger charge is 2.45. The summed E-state index contributed by atoms with van der Waals surface area (Å²) in [6.45, 7) is 2.48. The first-order valence-electron chi connectivity index (χ1n) is 7.28. The van der Waals surface area contributed by atoms with Crippen molar-refractivity contribution in [2.75, 3.05) is 6.54 Å². The Kier molecular flexibility index (Phi) is 2.53. The SMILES string of the molecule is CC(=O)[N+]1(c2cc3ccccc3[nH]2)CCc2ccccc21. The number of amides is 1. The van der Waals surface area contributed by atoms with Gasteiger partial charge in [-0.25, -0.2) is 4.79 Å². The van der Waals surface area contributed by atoms with Crippen molar-refractivity contribution in [1.82, 2.24) is 9.47 Å². The Hall–Kier alpha value is -2.39. The Labute approximate surface area is 123 Å². The van der Waals surface area contributed by atoms with Crippen LogP contribution in [-0.4, -0.2) is 17.4 Å². The van der Waals surface area contributed by atoms with E-state index in [0.29, 0.717) is 4.48 Å². The topological polar surface area (TPSA) is 32.9 Å². The van der Waals surface area contributed by atoms with Gasteiger partial charge in [0.2, 0.25) is 5.82 Å². The van der Waals surface area contributed by atoms with Gasteiger partial charge < -0.3 is 4.98 Å². The van der Waals surface area contributed by atoms with E-state index in [1.54, 1.807) is 6.92 Å². The number of nitrogens with zero attached hydrogens (tertiary/aromatic N) is 1. The fraction of sp³-hybridized carbons (Fsp3) is 0.167. The Balaban J connectivity index is 2.00. The molecule has 0 radical (unpaired) electrons. The van der Waals surface area contributed by atoms with E-state index in [1.165, 1.54) is 5.56 Å². The first-order chi connectivity index (χ1) is 10.2. The number of carbonyl (C=O) groups is 1. The molecule has 0 fully saturated rings. The van der Waals surface area contributed by atoms with Gasteiger partial charge in [0.1, 0.15) is 12.2 Å². The Bertz CT molecular complexity index is 816. The van der Waals surface area contributed by atoms with Gasteiger partial charge in [-0.15, -0.1) is 0 Å². The third-order valence-electron chi connectivity index (χ3n) is 4.58. The molecule has 0 aliphatic carbocycles. The van der Waals surface area contributed by atoms with Crippen LogP contribution < -0.4 is 4.48 Å². The summed E-state index contributed by atoms with van der Waals surface area (Å²) in [6, 6.07) is 18.5. The van der Waals surface area contributed by atoms with E-state index in [9.17, 15) is 4.79 Å². The molecule has 1 N–H and O–H groups in total. The average Bonchev–Trinajstić information content (AvgIpc) is 3.09. The second-order valence-electron chi connectivity index (χ2n) is 5.67. The fourth-order valence-electron chi connectivity index (χ4n) is 3.51. The Morgan fingerprint density at radius 3 is 2.67 bits per heavy atom. The molecule has 0 saturated heterocycles. The number of hydrogen-bond acceptors (Lipinski definition) is 1. The van der Waals surface area contributed by atoms with Crippen molar-refractivity contribution in [1.29, 1.82) is 0 Å². The normalized spacial score (nSPS) is 20.6. The Morgan fingerprint density at radius 1 is 1.10 bits per heavy atom. The van der Waals surface area contributed by atoms with Gasteiger partial charge >= 0.3 is 5.91 Å². The van der Waals surface area contributed by atoms with E-state index in [-0.39, 0.29) is 5.91 Å². The highest BCUT2D eigenvalue weighted by molar-refractivity contribution is 5.97. The molecule has 1 amide bonds. The number of nitrogens with one attached hydrogen (secondary N) is 1. The molecule has 0 saturated carbocycles. The Morgan fingerprint density at radius 2 is 1.86 bits per heavy atom. The number of benzene rings is 2. The molecule has 0 spiro atoms. The van der Waals surface area contributed by atoms with Crippen LogP contribution in [0.3, 0.4) is 0 Å². The van der Waals surface area contributed by atoms with Gasteiger partial charge in [-0.3, -0.25) is 0 Å². The minimum Gasteiger partial charge on any atom is -0.310 e. The van der Waals surface area contributed by atoms with Gasteiger partial charge in [-0.05, 0) is 6.07 Å². The van der Waals surface area contributed by atoms with Crippen molar-refractivity contribution in [3.8, 4) is 0 Å². The lowest BCUT2D eigenvalue weighted by atomic mass is 10.1. The molecule has 1 aliphatic heterocycles. The molecular formula is C18H17N2O+. The molecule has 104 valence electrons. The molecular weight excluding hydrogens is 260 g/mol. The molecule has 4 rings (SSSR count). The molecule has 1 aromatic heterocycles. The molecule has 1 atom stereocenters. The maximum absolute atomic E-state index is 12.6. The average molecular weight is 277 g/mol. The molecule has 2 heterocycles. The van der Waals surface area contributed by atoms with E-state index in [0.717, 1.165) is 35.4 Å². The van der Waals surface area contributed by atoms with Gasteiger partial charge in [-0.2, -0.15) is 4.48 Å². The molecule has 21 heavy (non-hydrogen) atoms. The van der Waals surface area contributed by atoms with Crippen molar-refractivity contribution in [3.05, 3.63) is 60.2 Å². The summed E-state index contributed by atoms with van der Waals surface area (Å²) >= 11 is 0. The number of hydrogen-bond donors (Lipinski definition) is 1. The van der Waals surface area contributed by atoms with Gasteiger partial charge in [0.05, 0.1) is 12.4 Å². The van der Waals surface area contributed by atoms with Crippen molar-refractivity contribution < 1.29 is 4.79 Å². The highest BCUT2D eigenvalue weighted by atomic mass is 16.2. The number of quaternary nitrogens is 1. The molecule has 2 aromatic carbocycles. The summed E-state index contributed by atoms with van der Waals surface area (Å²) in [7, 11) is 0. The number of aromatic nitrogens is 1. The van der Waals surface area contributed by atoms with Crippen molar-refractivity contribution in [3.63, 3.8) is 0 Å². The van der Waals surface area contributed by atoms with Gasteiger partial charge in [-0.1, -0.05) is 36.4 Å². The summed E-state index contributed by atoms with van der Waals surface area (Å²) in [5, 5.41) is 1.15. The van der Waals surface area contributed by atoms with Crippen molar-refractivity contribution in [2.45, 2.75) is 13.3 Å². The van der Waals surface area contributed by atoms with Crippen LogP contribution in [0.2, 0.25) is 0 Å². The molecule has 3 aromatic rings. The zero-order valence-electron chi connectivity index (χ0n) is 12.0. The lowest BCUT2D eigenvalue weighted by molar-refractivity contribution is -0.125. The van der Waals surface area contributed by atoms with E-state index >= 15 is 0 Å². The van der Waals surface area contributed by atoms with Crippen LogP contribution in [0, 0.1) is 0 Å². The van der Waals surface area contributed by atoms with Crippen LogP contribution in [0.25, 0.3) is 10.9 Å². The summed E-state index contributed by atoms with van der Waals surface area (Å²) < 4.78 is 0.296. The molecule has 1 unspecified atom stereocenters. The highest BCUT2D eigenvalue weighted by Crippen LogP contribution is 2.43. The zero-order valence-corrected chi connectivity index (χ0v) is 12.0. The number of aromatic amines is 1. The lowest BCUT2D eigenvalue weighted by Gasteiger charge is -2.28. The lowest BCUT2D eigenvalue weighted by Crippen LogP contribution is -2.47. The zero-order chi connectivity index (χ0) is 14.4. The number of fused-ring (bicyclic) bond motifs is 2. The molecule has 3 nitrogen and oxygen atoms in total. The molecule has 0 bridgehead atoms. The first kappa shape index (κ1) is 12.4. The standard InChI is InChI=1S/C18H17N2O/c1-13(21)20(11-10-14-6-3-5-9-17(14)20)18-12-15-7-2-4-8-16(15)19-18/h2-9,12,19H,10-11H2,1H3/q+1. The minimum atomic E-state index is 0.159. The predicted molar refractivity (Wildman–Crippen MR) is 85.4 cm³/mol. The van der Waals surface area contributed by atoms with Crippen molar-refractivity contribution >= 4 is 28.3 Å². The van der Waals surface area contributed by atoms with E-state index < -0.39 is 0 Å². The minimum absolute atomic E-state index is 0.159. The number of rotatable bonds is 1. The number of carbonyl (C=O) groups excluding carboxylic acids is 1. The molecule has 1 aliphatic rings. The van der Waals surface area contributed by atoms with Crippen LogP contribution in [0.1, 0.15) is 12.5 Å². The number of H-pyrrole nitrogens is 1. The molecule has 3 heteroatoms. The second-order valence-corrected chi connectivity index (χ2v) is 5.67. The van der Waals surface area contributed by atoms with E-state index in [2.05, 4.69) is 35.3 Å². The van der Waals surface area contributed by atoms with Gasteiger partial charge in [0.25, 0.3) is 0 Å². The van der Waals surface area contributed by atoms with Crippen LogP contribution in [0.5, 0.6) is 0 Å². The largest absolute Gasteiger partial charge is 0.321 e. The third kappa shape index (κ3) is 1.61. The van der Waals surface area contributed by atoms with Crippen LogP contribution in [0.15, 0.2) is 54.6 Å². The smallest absolute Gasteiger partial charge is 0.310 e. The van der Waals surface area contributed by atoms with Crippen molar-refractivity contribution in [2.24, 2.45) is 0 Å².